The van der Waals surface area contributed by atoms with Crippen LogP contribution in [0.5, 0.6) is 0 Å². The van der Waals surface area contributed by atoms with E-state index in [2.05, 4.69) is 15.3 Å². The summed E-state index contributed by atoms with van der Waals surface area (Å²) in [5, 5.41) is 3.67. The van der Waals surface area contributed by atoms with Gasteiger partial charge in [-0.15, -0.1) is 0 Å². The summed E-state index contributed by atoms with van der Waals surface area (Å²) in [5.74, 6) is 1.69. The van der Waals surface area contributed by atoms with Crippen LogP contribution in [-0.2, 0) is 0 Å². The Hall–Kier alpha value is -1.55. The lowest BCUT2D eigenvalue weighted by molar-refractivity contribution is 0.934. The second kappa shape index (κ2) is 3.90. The lowest BCUT2D eigenvalue weighted by atomic mass is 10.3. The highest BCUT2D eigenvalue weighted by Crippen LogP contribution is 2.22. The molecule has 2 aromatic rings. The number of nitrogens with zero attached hydrogens (tertiary/aromatic N) is 3. The number of aryl methyl sites for hydroxylation is 1. The van der Waals surface area contributed by atoms with Gasteiger partial charge in [0.15, 0.2) is 5.82 Å². The molecule has 5 heteroatoms. The summed E-state index contributed by atoms with van der Waals surface area (Å²) in [7, 11) is 1.84. The van der Waals surface area contributed by atoms with Gasteiger partial charge in [0.25, 0.3) is 0 Å². The number of aromatic nitrogens is 3. The normalized spacial score (nSPS) is 10.3. The van der Waals surface area contributed by atoms with Crippen molar-refractivity contribution < 1.29 is 0 Å². The van der Waals surface area contributed by atoms with Crippen LogP contribution in [0.2, 0.25) is 5.02 Å². The highest BCUT2D eigenvalue weighted by Gasteiger charge is 2.07. The molecule has 78 valence electrons. The van der Waals surface area contributed by atoms with Crippen molar-refractivity contribution in [1.29, 1.82) is 0 Å². The molecule has 0 aliphatic rings. The van der Waals surface area contributed by atoms with Crippen LogP contribution in [0.1, 0.15) is 5.82 Å². The predicted octanol–water partition coefficient (Wildman–Crippen LogP) is 2.27. The molecule has 0 atom stereocenters. The Balaban J connectivity index is 2.58. The smallest absolute Gasteiger partial charge is 0.161 e. The average Bonchev–Trinajstić information content (AvgIpc) is 2.64. The van der Waals surface area contributed by atoms with Gasteiger partial charge >= 0.3 is 0 Å². The Morgan fingerprint density at radius 1 is 1.40 bits per heavy atom. The second-order valence-electron chi connectivity index (χ2n) is 3.12. The van der Waals surface area contributed by atoms with Crippen molar-refractivity contribution in [2.45, 2.75) is 6.92 Å². The molecule has 0 unspecified atom stereocenters. The maximum Gasteiger partial charge on any atom is 0.161 e. The first-order valence-corrected chi connectivity index (χ1v) is 4.94. The third-order valence-corrected chi connectivity index (χ3v) is 2.36. The minimum absolute atomic E-state index is 0.612. The van der Waals surface area contributed by atoms with Gasteiger partial charge in [-0.05, 0) is 13.0 Å². The van der Waals surface area contributed by atoms with E-state index in [9.17, 15) is 0 Å². The number of hydrogen-bond donors (Lipinski definition) is 1. The van der Waals surface area contributed by atoms with Crippen LogP contribution in [0.3, 0.4) is 0 Å². The maximum atomic E-state index is 5.87. The van der Waals surface area contributed by atoms with E-state index in [-0.39, 0.29) is 0 Å². The number of imidazole rings is 1. The van der Waals surface area contributed by atoms with E-state index in [1.54, 1.807) is 12.4 Å². The first kappa shape index (κ1) is 9.98. The highest BCUT2D eigenvalue weighted by molar-refractivity contribution is 6.30. The third-order valence-electron chi connectivity index (χ3n) is 2.16. The number of rotatable bonds is 2. The molecule has 0 fully saturated rings. The van der Waals surface area contributed by atoms with Crippen molar-refractivity contribution in [3.63, 3.8) is 0 Å². The van der Waals surface area contributed by atoms with Crippen LogP contribution in [0.25, 0.3) is 5.82 Å². The van der Waals surface area contributed by atoms with Gasteiger partial charge in [0.05, 0.1) is 10.7 Å². The molecule has 4 nitrogen and oxygen atoms in total. The summed E-state index contributed by atoms with van der Waals surface area (Å²) in [6, 6.07) is 1.84. The largest absolute Gasteiger partial charge is 0.385 e. The molecule has 0 saturated carbocycles. The Morgan fingerprint density at radius 3 is 2.80 bits per heavy atom. The molecule has 2 aromatic heterocycles. The van der Waals surface area contributed by atoms with Crippen LogP contribution in [-0.4, -0.2) is 21.6 Å². The first-order chi connectivity index (χ1) is 7.22. The van der Waals surface area contributed by atoms with Gasteiger partial charge in [-0.3, -0.25) is 4.57 Å². The first-order valence-electron chi connectivity index (χ1n) is 4.56. The standard InChI is InChI=1S/C10H11ClN4/c1-7-13-3-4-15(7)10-9(12-2)5-8(11)6-14-10/h3-6,12H,1-2H3. The molecule has 0 saturated heterocycles. The molecule has 1 N–H and O–H groups in total. The monoisotopic (exact) mass is 222 g/mol. The summed E-state index contributed by atoms with van der Waals surface area (Å²) in [5.41, 5.74) is 0.878. The Kier molecular flexibility index (Phi) is 2.60. The fourth-order valence-electron chi connectivity index (χ4n) is 1.41. The van der Waals surface area contributed by atoms with Gasteiger partial charge in [0.2, 0.25) is 0 Å². The predicted molar refractivity (Wildman–Crippen MR) is 60.7 cm³/mol. The fraction of sp³-hybridized carbons (Fsp3) is 0.200. The second-order valence-corrected chi connectivity index (χ2v) is 3.56. The number of nitrogens with one attached hydrogen (secondary N) is 1. The minimum Gasteiger partial charge on any atom is -0.385 e. The number of anilines is 1. The fourth-order valence-corrected chi connectivity index (χ4v) is 1.57. The molecule has 0 amide bonds. The van der Waals surface area contributed by atoms with Gasteiger partial charge in [-0.25, -0.2) is 9.97 Å². The zero-order valence-corrected chi connectivity index (χ0v) is 9.28. The number of pyridine rings is 1. The minimum atomic E-state index is 0.612. The lowest BCUT2D eigenvalue weighted by Gasteiger charge is -2.10. The van der Waals surface area contributed by atoms with Gasteiger partial charge in [-0.2, -0.15) is 0 Å². The lowest BCUT2D eigenvalue weighted by Crippen LogP contribution is -2.03. The van der Waals surface area contributed by atoms with E-state index in [1.807, 2.05) is 30.8 Å². The van der Waals surface area contributed by atoms with Gasteiger partial charge in [0.1, 0.15) is 5.82 Å². The molecule has 2 heterocycles. The van der Waals surface area contributed by atoms with E-state index in [0.717, 1.165) is 17.3 Å². The maximum absolute atomic E-state index is 5.87. The van der Waals surface area contributed by atoms with Crippen molar-refractivity contribution in [2.75, 3.05) is 12.4 Å². The molecule has 0 aromatic carbocycles. The van der Waals surface area contributed by atoms with E-state index in [1.165, 1.54) is 0 Å². The van der Waals surface area contributed by atoms with Gasteiger partial charge in [-0.1, -0.05) is 11.6 Å². The van der Waals surface area contributed by atoms with Crippen molar-refractivity contribution in [3.8, 4) is 5.82 Å². The van der Waals surface area contributed by atoms with Gasteiger partial charge in [0, 0.05) is 25.6 Å². The molecular weight excluding hydrogens is 212 g/mol. The van der Waals surface area contributed by atoms with Crippen LogP contribution >= 0.6 is 11.6 Å². The highest BCUT2D eigenvalue weighted by atomic mass is 35.5. The Labute approximate surface area is 92.9 Å². The summed E-state index contributed by atoms with van der Waals surface area (Å²) in [6.07, 6.45) is 5.23. The van der Waals surface area contributed by atoms with Crippen molar-refractivity contribution in [2.24, 2.45) is 0 Å². The van der Waals surface area contributed by atoms with E-state index < -0.39 is 0 Å². The number of halogens is 1. The molecule has 0 aliphatic heterocycles. The quantitative estimate of drug-likeness (QED) is 0.848. The van der Waals surface area contributed by atoms with Crippen LogP contribution in [0, 0.1) is 6.92 Å². The zero-order valence-electron chi connectivity index (χ0n) is 8.53. The third kappa shape index (κ3) is 1.80. The molecule has 0 aliphatic carbocycles. The summed E-state index contributed by atoms with van der Waals surface area (Å²) in [4.78, 5) is 8.43. The van der Waals surface area contributed by atoms with E-state index >= 15 is 0 Å². The molecule has 15 heavy (non-hydrogen) atoms. The van der Waals surface area contributed by atoms with Crippen molar-refractivity contribution in [1.82, 2.24) is 14.5 Å². The van der Waals surface area contributed by atoms with Crippen LogP contribution in [0.4, 0.5) is 5.69 Å². The zero-order chi connectivity index (χ0) is 10.8. The topological polar surface area (TPSA) is 42.7 Å². The van der Waals surface area contributed by atoms with E-state index in [0.29, 0.717) is 5.02 Å². The summed E-state index contributed by atoms with van der Waals surface area (Å²) in [6.45, 7) is 1.93. The van der Waals surface area contributed by atoms with E-state index in [4.69, 9.17) is 11.6 Å². The summed E-state index contributed by atoms with van der Waals surface area (Å²) >= 11 is 5.87. The average molecular weight is 223 g/mol. The van der Waals surface area contributed by atoms with Crippen molar-refractivity contribution >= 4 is 17.3 Å². The number of hydrogen-bond acceptors (Lipinski definition) is 3. The molecule has 0 bridgehead atoms. The van der Waals surface area contributed by atoms with Crippen LogP contribution in [0.15, 0.2) is 24.7 Å². The Morgan fingerprint density at radius 2 is 2.20 bits per heavy atom. The molecule has 0 radical (unpaired) electrons. The SMILES string of the molecule is CNc1cc(Cl)cnc1-n1ccnc1C. The molecule has 2 rings (SSSR count). The van der Waals surface area contributed by atoms with Crippen LogP contribution < -0.4 is 5.32 Å². The molecule has 0 spiro atoms. The van der Waals surface area contributed by atoms with Gasteiger partial charge < -0.3 is 5.32 Å². The van der Waals surface area contributed by atoms with Crippen molar-refractivity contribution in [3.05, 3.63) is 35.5 Å². The summed E-state index contributed by atoms with van der Waals surface area (Å²) < 4.78 is 1.90. The molecular formula is C10H11ClN4. The Bertz CT molecular complexity index is 478.